The number of hydrogen-bond donors (Lipinski definition) is 0. The Labute approximate surface area is 86.6 Å². The highest BCUT2D eigenvalue weighted by atomic mass is 35.5. The Hall–Kier alpha value is -0.410. The van der Waals surface area contributed by atoms with Gasteiger partial charge in [-0.3, -0.25) is 0 Å². The largest absolute Gasteiger partial charge is 0.489 e. The third-order valence-electron chi connectivity index (χ3n) is 1.82. The van der Waals surface area contributed by atoms with Gasteiger partial charge >= 0.3 is 0 Å². The van der Waals surface area contributed by atoms with Gasteiger partial charge in [-0.25, -0.2) is 4.98 Å². The number of halogens is 1. The molecule has 1 aromatic rings. The van der Waals surface area contributed by atoms with Crippen LogP contribution in [0.4, 0.5) is 0 Å². The van der Waals surface area contributed by atoms with Crippen LogP contribution in [0, 0.1) is 0 Å². The van der Waals surface area contributed by atoms with Crippen molar-refractivity contribution in [1.29, 1.82) is 0 Å². The van der Waals surface area contributed by atoms with Gasteiger partial charge in [-0.2, -0.15) is 0 Å². The molecule has 13 heavy (non-hydrogen) atoms. The van der Waals surface area contributed by atoms with Gasteiger partial charge in [-0.15, -0.1) is 11.8 Å². The number of rotatable bonds is 3. The van der Waals surface area contributed by atoms with Gasteiger partial charge in [0.2, 0.25) is 0 Å². The van der Waals surface area contributed by atoms with Crippen LogP contribution in [0.5, 0.6) is 5.75 Å². The summed E-state index contributed by atoms with van der Waals surface area (Å²) in [6.07, 6.45) is 6.30. The quantitative estimate of drug-likeness (QED) is 0.724. The molecule has 70 valence electrons. The van der Waals surface area contributed by atoms with E-state index in [-0.39, 0.29) is 0 Å². The average molecular weight is 216 g/mol. The van der Waals surface area contributed by atoms with Gasteiger partial charge in [-0.05, 0) is 19.1 Å². The lowest BCUT2D eigenvalue weighted by Gasteiger charge is -2.06. The Kier molecular flexibility index (Phi) is 2.65. The number of ether oxygens (including phenoxy) is 1. The first-order valence-corrected chi connectivity index (χ1v) is 5.76. The molecule has 1 fully saturated rings. The molecular weight excluding hydrogens is 206 g/mol. The van der Waals surface area contributed by atoms with E-state index in [4.69, 9.17) is 16.3 Å². The van der Waals surface area contributed by atoms with E-state index in [1.54, 1.807) is 18.0 Å². The van der Waals surface area contributed by atoms with Crippen molar-refractivity contribution >= 4 is 23.4 Å². The highest BCUT2D eigenvalue weighted by molar-refractivity contribution is 7.98. The van der Waals surface area contributed by atoms with Crippen LogP contribution in [0.3, 0.4) is 0 Å². The fourth-order valence-corrected chi connectivity index (χ4v) is 1.50. The van der Waals surface area contributed by atoms with E-state index < -0.39 is 0 Å². The lowest BCUT2D eigenvalue weighted by atomic mass is 10.4. The zero-order valence-electron chi connectivity index (χ0n) is 7.29. The van der Waals surface area contributed by atoms with Crippen molar-refractivity contribution in [3.05, 3.63) is 17.3 Å². The fourth-order valence-electron chi connectivity index (χ4n) is 0.970. The normalized spacial score (nSPS) is 15.8. The summed E-state index contributed by atoms with van der Waals surface area (Å²) in [5, 5.41) is 1.55. The van der Waals surface area contributed by atoms with Crippen molar-refractivity contribution < 1.29 is 4.74 Å². The molecule has 4 heteroatoms. The van der Waals surface area contributed by atoms with Gasteiger partial charge in [0.1, 0.15) is 10.8 Å². The first kappa shape index (κ1) is 9.16. The summed E-state index contributed by atoms with van der Waals surface area (Å²) in [6, 6.07) is 1.89. The first-order valence-electron chi connectivity index (χ1n) is 4.16. The fraction of sp³-hybridized carbons (Fsp3) is 0.444. The molecule has 0 unspecified atom stereocenters. The summed E-state index contributed by atoms with van der Waals surface area (Å²) in [5.41, 5.74) is 0. The molecule has 0 aromatic carbocycles. The number of pyridine rings is 1. The van der Waals surface area contributed by atoms with E-state index >= 15 is 0 Å². The second kappa shape index (κ2) is 3.76. The summed E-state index contributed by atoms with van der Waals surface area (Å²) in [5.74, 6) is 0.767. The van der Waals surface area contributed by atoms with Crippen molar-refractivity contribution in [3.63, 3.8) is 0 Å². The minimum absolute atomic E-state index is 0.384. The summed E-state index contributed by atoms with van der Waals surface area (Å²) >= 11 is 7.52. The smallest absolute Gasteiger partial charge is 0.142 e. The Bertz CT molecular complexity index is 314. The summed E-state index contributed by atoms with van der Waals surface area (Å²) in [4.78, 5) is 4.14. The monoisotopic (exact) mass is 215 g/mol. The van der Waals surface area contributed by atoms with E-state index in [1.807, 2.05) is 12.3 Å². The Morgan fingerprint density at radius 2 is 2.38 bits per heavy atom. The van der Waals surface area contributed by atoms with Crippen LogP contribution in [0.2, 0.25) is 5.02 Å². The predicted octanol–water partition coefficient (Wildman–Crippen LogP) is 3.00. The van der Waals surface area contributed by atoms with Gasteiger partial charge in [0.25, 0.3) is 0 Å². The molecule has 0 bridgehead atoms. The summed E-state index contributed by atoms with van der Waals surface area (Å²) in [6.45, 7) is 0. The van der Waals surface area contributed by atoms with E-state index in [0.29, 0.717) is 11.1 Å². The predicted molar refractivity (Wildman–Crippen MR) is 54.7 cm³/mol. The lowest BCUT2D eigenvalue weighted by molar-refractivity contribution is 0.302. The van der Waals surface area contributed by atoms with Crippen molar-refractivity contribution in [2.75, 3.05) is 6.26 Å². The highest BCUT2D eigenvalue weighted by Gasteiger charge is 2.24. The van der Waals surface area contributed by atoms with Crippen molar-refractivity contribution in [3.8, 4) is 5.75 Å². The lowest BCUT2D eigenvalue weighted by Crippen LogP contribution is -1.97. The van der Waals surface area contributed by atoms with Gasteiger partial charge in [0.05, 0.1) is 17.3 Å². The topological polar surface area (TPSA) is 22.1 Å². The molecule has 0 atom stereocenters. The van der Waals surface area contributed by atoms with Gasteiger partial charge in [0.15, 0.2) is 0 Å². The second-order valence-electron chi connectivity index (χ2n) is 2.97. The molecule has 2 nitrogen and oxygen atoms in total. The SMILES string of the molecule is CSc1cc(OC2CC2)c(Cl)cn1. The molecule has 0 saturated heterocycles. The van der Waals surface area contributed by atoms with Crippen LogP contribution in [0.15, 0.2) is 17.3 Å². The second-order valence-corrected chi connectivity index (χ2v) is 4.21. The molecule has 0 spiro atoms. The molecule has 1 aromatic heterocycles. The first-order chi connectivity index (χ1) is 6.29. The van der Waals surface area contributed by atoms with Crippen LogP contribution in [0.1, 0.15) is 12.8 Å². The van der Waals surface area contributed by atoms with E-state index in [0.717, 1.165) is 23.6 Å². The molecule has 1 heterocycles. The molecular formula is C9H10ClNOS. The molecule has 0 amide bonds. The van der Waals surface area contributed by atoms with Crippen LogP contribution >= 0.6 is 23.4 Å². The molecule has 0 N–H and O–H groups in total. The molecule has 1 saturated carbocycles. The molecule has 1 aliphatic rings. The molecule has 0 aliphatic heterocycles. The zero-order valence-corrected chi connectivity index (χ0v) is 8.86. The van der Waals surface area contributed by atoms with Crippen molar-refractivity contribution in [1.82, 2.24) is 4.98 Å². The number of aromatic nitrogens is 1. The van der Waals surface area contributed by atoms with Crippen molar-refractivity contribution in [2.24, 2.45) is 0 Å². The Balaban J connectivity index is 2.19. The van der Waals surface area contributed by atoms with Crippen LogP contribution in [-0.2, 0) is 0 Å². The maximum atomic E-state index is 5.93. The Morgan fingerprint density at radius 3 is 3.00 bits per heavy atom. The summed E-state index contributed by atoms with van der Waals surface area (Å²) in [7, 11) is 0. The third-order valence-corrected chi connectivity index (χ3v) is 2.75. The maximum absolute atomic E-state index is 5.93. The van der Waals surface area contributed by atoms with Crippen LogP contribution < -0.4 is 4.74 Å². The molecule has 1 aliphatic carbocycles. The average Bonchev–Trinajstić information content (AvgIpc) is 2.93. The van der Waals surface area contributed by atoms with Crippen molar-refractivity contribution in [2.45, 2.75) is 24.0 Å². The standard InChI is InChI=1S/C9H10ClNOS/c1-13-9-4-8(7(10)5-11-9)12-6-2-3-6/h4-6H,2-3H2,1H3. The minimum Gasteiger partial charge on any atom is -0.489 e. The highest BCUT2D eigenvalue weighted by Crippen LogP contribution is 2.33. The molecule has 2 rings (SSSR count). The number of hydrogen-bond acceptors (Lipinski definition) is 3. The van der Waals surface area contributed by atoms with Crippen LogP contribution in [0.25, 0.3) is 0 Å². The van der Waals surface area contributed by atoms with E-state index in [1.165, 1.54) is 0 Å². The van der Waals surface area contributed by atoms with Gasteiger partial charge in [-0.1, -0.05) is 11.6 Å². The van der Waals surface area contributed by atoms with Gasteiger partial charge in [0, 0.05) is 6.07 Å². The summed E-state index contributed by atoms with van der Waals surface area (Å²) < 4.78 is 5.61. The number of thioether (sulfide) groups is 1. The number of nitrogens with zero attached hydrogens (tertiary/aromatic N) is 1. The van der Waals surface area contributed by atoms with Crippen LogP contribution in [-0.4, -0.2) is 17.3 Å². The van der Waals surface area contributed by atoms with E-state index in [9.17, 15) is 0 Å². The zero-order chi connectivity index (χ0) is 9.26. The maximum Gasteiger partial charge on any atom is 0.142 e. The minimum atomic E-state index is 0.384. The third kappa shape index (κ3) is 2.29. The Morgan fingerprint density at radius 1 is 1.62 bits per heavy atom. The van der Waals surface area contributed by atoms with Gasteiger partial charge < -0.3 is 4.74 Å². The van der Waals surface area contributed by atoms with E-state index in [2.05, 4.69) is 4.98 Å². The molecule has 0 radical (unpaired) electrons.